The molecular formula is C14H12Cl4O2Si. The van der Waals surface area contributed by atoms with Gasteiger partial charge in [-0.25, -0.2) is 0 Å². The van der Waals surface area contributed by atoms with Crippen LogP contribution in [0.15, 0.2) is 36.4 Å². The van der Waals surface area contributed by atoms with Gasteiger partial charge in [0.05, 0.1) is 20.1 Å². The largest absolute Gasteiger partial charge is 0.511 e. The molecule has 2 aromatic rings. The van der Waals surface area contributed by atoms with Crippen LogP contribution in [0.3, 0.4) is 0 Å². The standard InChI is InChI=1S/C14H12Cl4O2Si/c1-21(2,19-11-7-3-5-9(15)13(11)17)20-12-8-4-6-10(16)14(12)18/h3-8H,1-2H3. The van der Waals surface area contributed by atoms with E-state index in [1.807, 2.05) is 13.1 Å². The molecule has 0 aliphatic carbocycles. The summed E-state index contributed by atoms with van der Waals surface area (Å²) in [6.07, 6.45) is 0. The zero-order valence-corrected chi connectivity index (χ0v) is 15.3. The fourth-order valence-corrected chi connectivity index (χ4v) is 3.91. The van der Waals surface area contributed by atoms with E-state index in [1.165, 1.54) is 0 Å². The molecule has 0 fully saturated rings. The second kappa shape index (κ2) is 6.67. The smallest absolute Gasteiger partial charge is 0.454 e. The summed E-state index contributed by atoms with van der Waals surface area (Å²) in [6.45, 7) is 3.75. The molecule has 2 aromatic carbocycles. The van der Waals surface area contributed by atoms with E-state index in [2.05, 4.69) is 0 Å². The summed E-state index contributed by atoms with van der Waals surface area (Å²) in [6, 6.07) is 10.4. The quantitative estimate of drug-likeness (QED) is 0.565. The number of hydrogen-bond acceptors (Lipinski definition) is 2. The lowest BCUT2D eigenvalue weighted by atomic mass is 10.3. The van der Waals surface area contributed by atoms with Gasteiger partial charge in [0.2, 0.25) is 0 Å². The molecule has 0 spiro atoms. The summed E-state index contributed by atoms with van der Waals surface area (Å²) in [4.78, 5) is 0. The fourth-order valence-electron chi connectivity index (χ4n) is 1.68. The molecule has 0 aromatic heterocycles. The van der Waals surface area contributed by atoms with Crippen LogP contribution in [-0.4, -0.2) is 8.56 Å². The van der Waals surface area contributed by atoms with Gasteiger partial charge in [-0.3, -0.25) is 0 Å². The van der Waals surface area contributed by atoms with Crippen molar-refractivity contribution in [1.29, 1.82) is 0 Å². The highest BCUT2D eigenvalue weighted by molar-refractivity contribution is 6.66. The second-order valence-corrected chi connectivity index (χ2v) is 9.49. The molecule has 7 heteroatoms. The first-order valence-electron chi connectivity index (χ1n) is 6.06. The minimum absolute atomic E-state index is 0.362. The van der Waals surface area contributed by atoms with Crippen molar-refractivity contribution >= 4 is 55.0 Å². The van der Waals surface area contributed by atoms with Gasteiger partial charge < -0.3 is 8.85 Å². The molecule has 112 valence electrons. The minimum Gasteiger partial charge on any atom is -0.511 e. The number of halogens is 4. The Morgan fingerprint density at radius 2 is 1.10 bits per heavy atom. The van der Waals surface area contributed by atoms with Gasteiger partial charge in [0.1, 0.15) is 11.5 Å². The molecule has 0 saturated carbocycles. The first-order chi connectivity index (χ1) is 9.80. The first-order valence-corrected chi connectivity index (χ1v) is 10.4. The molecule has 0 atom stereocenters. The third kappa shape index (κ3) is 4.21. The van der Waals surface area contributed by atoms with E-state index in [-0.39, 0.29) is 0 Å². The third-order valence-electron chi connectivity index (χ3n) is 2.54. The fraction of sp³-hybridized carbons (Fsp3) is 0.143. The average Bonchev–Trinajstić information content (AvgIpc) is 2.40. The van der Waals surface area contributed by atoms with Crippen molar-refractivity contribution in [2.45, 2.75) is 13.1 Å². The molecule has 0 aliphatic rings. The second-order valence-electron chi connectivity index (χ2n) is 4.71. The Bertz CT molecular complexity index is 606. The molecule has 0 amide bonds. The van der Waals surface area contributed by atoms with Crippen LogP contribution < -0.4 is 8.85 Å². The summed E-state index contributed by atoms with van der Waals surface area (Å²) >= 11 is 24.2. The molecule has 0 aliphatic heterocycles. The minimum atomic E-state index is -2.58. The number of rotatable bonds is 4. The molecule has 2 rings (SSSR count). The third-order valence-corrected chi connectivity index (χ3v) is 5.57. The lowest BCUT2D eigenvalue weighted by Crippen LogP contribution is -2.42. The zero-order valence-electron chi connectivity index (χ0n) is 11.3. The predicted molar refractivity (Wildman–Crippen MR) is 91.7 cm³/mol. The van der Waals surface area contributed by atoms with Crippen molar-refractivity contribution in [2.24, 2.45) is 0 Å². The lowest BCUT2D eigenvalue weighted by Gasteiger charge is -2.26. The van der Waals surface area contributed by atoms with Crippen molar-refractivity contribution in [3.05, 3.63) is 56.5 Å². The maximum Gasteiger partial charge on any atom is 0.454 e. The highest BCUT2D eigenvalue weighted by Crippen LogP contribution is 2.36. The average molecular weight is 382 g/mol. The number of benzene rings is 2. The molecule has 2 nitrogen and oxygen atoms in total. The Labute approximate surface area is 144 Å². The van der Waals surface area contributed by atoms with Crippen LogP contribution in [0.25, 0.3) is 0 Å². The van der Waals surface area contributed by atoms with Gasteiger partial charge in [-0.2, -0.15) is 0 Å². The Morgan fingerprint density at radius 1 is 0.714 bits per heavy atom. The van der Waals surface area contributed by atoms with Crippen molar-refractivity contribution < 1.29 is 8.85 Å². The summed E-state index contributed by atoms with van der Waals surface area (Å²) in [5.41, 5.74) is 0. The van der Waals surface area contributed by atoms with Crippen molar-refractivity contribution in [2.75, 3.05) is 0 Å². The van der Waals surface area contributed by atoms with Crippen LogP contribution in [0.4, 0.5) is 0 Å². The normalized spacial score (nSPS) is 11.3. The molecule has 0 heterocycles. The van der Waals surface area contributed by atoms with E-state index < -0.39 is 8.56 Å². The Hall–Kier alpha value is -0.583. The molecule has 21 heavy (non-hydrogen) atoms. The van der Waals surface area contributed by atoms with E-state index in [0.717, 1.165) is 0 Å². The zero-order chi connectivity index (χ0) is 15.6. The Kier molecular flexibility index (Phi) is 5.33. The van der Waals surface area contributed by atoms with Gasteiger partial charge in [-0.1, -0.05) is 58.5 Å². The van der Waals surface area contributed by atoms with Crippen LogP contribution in [0.1, 0.15) is 0 Å². The summed E-state index contributed by atoms with van der Waals surface area (Å²) in [5, 5.41) is 1.58. The summed E-state index contributed by atoms with van der Waals surface area (Å²) < 4.78 is 11.8. The highest BCUT2D eigenvalue weighted by Gasteiger charge is 2.31. The van der Waals surface area contributed by atoms with Crippen LogP contribution in [0, 0.1) is 0 Å². The monoisotopic (exact) mass is 380 g/mol. The topological polar surface area (TPSA) is 18.5 Å². The first kappa shape index (κ1) is 16.8. The van der Waals surface area contributed by atoms with E-state index >= 15 is 0 Å². The van der Waals surface area contributed by atoms with Gasteiger partial charge in [-0.15, -0.1) is 0 Å². The van der Waals surface area contributed by atoms with Gasteiger partial charge in [0.25, 0.3) is 0 Å². The van der Waals surface area contributed by atoms with Crippen molar-refractivity contribution in [3.63, 3.8) is 0 Å². The van der Waals surface area contributed by atoms with E-state index in [9.17, 15) is 0 Å². The maximum absolute atomic E-state index is 6.12. The number of hydrogen-bond donors (Lipinski definition) is 0. The van der Waals surface area contributed by atoms with E-state index in [4.69, 9.17) is 55.3 Å². The molecular weight excluding hydrogens is 370 g/mol. The Balaban J connectivity index is 2.22. The van der Waals surface area contributed by atoms with Crippen LogP contribution in [0.2, 0.25) is 33.2 Å². The van der Waals surface area contributed by atoms with Crippen LogP contribution in [0.5, 0.6) is 11.5 Å². The van der Waals surface area contributed by atoms with Gasteiger partial charge >= 0.3 is 8.56 Å². The molecule has 0 saturated heterocycles. The lowest BCUT2D eigenvalue weighted by molar-refractivity contribution is 0.400. The molecule has 0 radical (unpaired) electrons. The van der Waals surface area contributed by atoms with E-state index in [1.54, 1.807) is 36.4 Å². The summed E-state index contributed by atoms with van der Waals surface area (Å²) in [7, 11) is -2.58. The SMILES string of the molecule is C[Si](C)(Oc1cccc(Cl)c1Cl)Oc1cccc(Cl)c1Cl. The highest BCUT2D eigenvalue weighted by atomic mass is 35.5. The van der Waals surface area contributed by atoms with E-state index in [0.29, 0.717) is 31.6 Å². The molecule has 0 N–H and O–H groups in total. The van der Waals surface area contributed by atoms with Crippen LogP contribution in [-0.2, 0) is 0 Å². The van der Waals surface area contributed by atoms with Crippen LogP contribution >= 0.6 is 46.4 Å². The molecule has 0 unspecified atom stereocenters. The van der Waals surface area contributed by atoms with Gasteiger partial charge in [-0.05, 0) is 24.3 Å². The molecule has 0 bridgehead atoms. The van der Waals surface area contributed by atoms with Gasteiger partial charge in [0.15, 0.2) is 0 Å². The summed E-state index contributed by atoms with van der Waals surface area (Å²) in [5.74, 6) is 0.970. The maximum atomic E-state index is 6.12. The van der Waals surface area contributed by atoms with Crippen molar-refractivity contribution in [1.82, 2.24) is 0 Å². The van der Waals surface area contributed by atoms with Crippen molar-refractivity contribution in [3.8, 4) is 11.5 Å². The predicted octanol–water partition coefficient (Wildman–Crippen LogP) is 6.46. The Morgan fingerprint density at radius 3 is 1.48 bits per heavy atom. The van der Waals surface area contributed by atoms with Gasteiger partial charge in [0, 0.05) is 13.1 Å².